The molecular weight excluding hydrogens is 323 g/mol. The Morgan fingerprint density at radius 1 is 1.21 bits per heavy atom. The summed E-state index contributed by atoms with van der Waals surface area (Å²) >= 11 is 6.54. The van der Waals surface area contributed by atoms with Crippen LogP contribution in [0.5, 0.6) is 0 Å². The second kappa shape index (κ2) is 5.20. The molecule has 1 aliphatic heterocycles. The van der Waals surface area contributed by atoms with Gasteiger partial charge in [0.15, 0.2) is 0 Å². The lowest BCUT2D eigenvalue weighted by Gasteiger charge is -2.35. The Morgan fingerprint density at radius 3 is 2.71 bits per heavy atom. The number of nitrogens with zero attached hydrogens (tertiary/aromatic N) is 2. The van der Waals surface area contributed by atoms with Crippen LogP contribution in [0.4, 0.5) is 4.39 Å². The van der Waals surface area contributed by atoms with Crippen LogP contribution in [-0.2, 0) is 0 Å². The van der Waals surface area contributed by atoms with E-state index in [1.165, 1.54) is 29.7 Å². The van der Waals surface area contributed by atoms with Gasteiger partial charge in [-0.05, 0) is 80.8 Å². The van der Waals surface area contributed by atoms with Crippen molar-refractivity contribution in [2.45, 2.75) is 75.9 Å². The third-order valence-corrected chi connectivity index (χ3v) is 7.33. The second-order valence-electron chi connectivity index (χ2n) is 8.37. The zero-order chi connectivity index (χ0) is 16.4. The van der Waals surface area contributed by atoms with Crippen LogP contribution in [0.1, 0.15) is 75.9 Å². The summed E-state index contributed by atoms with van der Waals surface area (Å²) in [6.45, 7) is 0. The first-order valence-electron chi connectivity index (χ1n) is 9.40. The average Bonchev–Trinajstić information content (AvgIpc) is 3.03. The predicted octanol–water partition coefficient (Wildman–Crippen LogP) is 5.95. The van der Waals surface area contributed by atoms with Crippen molar-refractivity contribution in [3.8, 4) is 0 Å². The molecule has 4 heteroatoms. The first-order valence-corrected chi connectivity index (χ1v) is 9.77. The molecule has 0 N–H and O–H groups in total. The van der Waals surface area contributed by atoms with Crippen molar-refractivity contribution < 1.29 is 4.39 Å². The Kier molecular flexibility index (Phi) is 3.29. The van der Waals surface area contributed by atoms with Crippen LogP contribution in [0.25, 0.3) is 5.57 Å². The van der Waals surface area contributed by atoms with Crippen LogP contribution in [0.15, 0.2) is 29.2 Å². The number of hydrogen-bond donors (Lipinski definition) is 0. The molecule has 1 atom stereocenters. The van der Waals surface area contributed by atoms with E-state index in [1.54, 1.807) is 0 Å². The highest BCUT2D eigenvalue weighted by Crippen LogP contribution is 2.59. The van der Waals surface area contributed by atoms with Gasteiger partial charge < -0.3 is 4.57 Å². The van der Waals surface area contributed by atoms with E-state index < -0.39 is 5.67 Å². The lowest BCUT2D eigenvalue weighted by molar-refractivity contribution is 0.0627. The molecule has 24 heavy (non-hydrogen) atoms. The number of allylic oxidation sites excluding steroid dienone is 4. The fourth-order valence-electron chi connectivity index (χ4n) is 5.12. The molecule has 0 bridgehead atoms. The maximum atomic E-state index is 15.3. The lowest BCUT2D eigenvalue weighted by atomic mass is 9.75. The van der Waals surface area contributed by atoms with Gasteiger partial charge in [0.05, 0.1) is 24.3 Å². The summed E-state index contributed by atoms with van der Waals surface area (Å²) in [6.07, 6.45) is 15.8. The summed E-state index contributed by atoms with van der Waals surface area (Å²) in [5.41, 5.74) is 3.33. The molecule has 1 unspecified atom stereocenters. The molecule has 0 radical (unpaired) electrons. The van der Waals surface area contributed by atoms with Gasteiger partial charge in [-0.3, -0.25) is 0 Å². The van der Waals surface area contributed by atoms with Crippen molar-refractivity contribution in [3.63, 3.8) is 0 Å². The fraction of sp³-hybridized carbons (Fsp3) is 0.650. The van der Waals surface area contributed by atoms with Gasteiger partial charge in [0, 0.05) is 5.03 Å². The minimum Gasteiger partial charge on any atom is -0.323 e. The minimum absolute atomic E-state index is 0.172. The van der Waals surface area contributed by atoms with Crippen LogP contribution in [0.2, 0.25) is 0 Å². The molecule has 1 aromatic rings. The maximum absolute atomic E-state index is 15.3. The van der Waals surface area contributed by atoms with Crippen LogP contribution in [-0.4, -0.2) is 15.2 Å². The summed E-state index contributed by atoms with van der Waals surface area (Å²) in [5.74, 6) is 0. The highest BCUT2D eigenvalue weighted by molar-refractivity contribution is 6.33. The number of aromatic nitrogens is 2. The van der Waals surface area contributed by atoms with Gasteiger partial charge in [0.25, 0.3) is 0 Å². The van der Waals surface area contributed by atoms with Gasteiger partial charge >= 0.3 is 0 Å². The van der Waals surface area contributed by atoms with Crippen molar-refractivity contribution >= 4 is 17.2 Å². The first kappa shape index (κ1) is 15.2. The molecular formula is C20H24ClFN2. The molecule has 1 aromatic heterocycles. The van der Waals surface area contributed by atoms with Crippen molar-refractivity contribution in [1.29, 1.82) is 0 Å². The van der Waals surface area contributed by atoms with E-state index >= 15 is 4.39 Å². The molecule has 0 aromatic carbocycles. The molecule has 5 rings (SSSR count). The molecule has 4 aliphatic rings. The summed E-state index contributed by atoms with van der Waals surface area (Å²) in [4.78, 5) is 4.32. The molecule has 2 saturated carbocycles. The smallest absolute Gasteiger partial charge is 0.111 e. The Hall–Kier alpha value is -1.09. The first-order chi connectivity index (χ1) is 11.6. The number of rotatable bonds is 3. The molecule has 0 amide bonds. The zero-order valence-corrected chi connectivity index (χ0v) is 14.8. The third-order valence-electron chi connectivity index (χ3n) is 6.97. The molecule has 128 valence electrons. The van der Waals surface area contributed by atoms with E-state index in [2.05, 4.69) is 15.6 Å². The number of imidazole rings is 1. The summed E-state index contributed by atoms with van der Waals surface area (Å²) in [7, 11) is 0. The number of fused-ring (bicyclic) bond motifs is 2. The van der Waals surface area contributed by atoms with E-state index in [0.717, 1.165) is 50.0 Å². The Balaban J connectivity index is 1.35. The predicted molar refractivity (Wildman–Crippen MR) is 94.6 cm³/mol. The molecule has 1 spiro atoms. The standard InChI is InChI=1S/C20H24ClFN2/c21-15-3-1-2-14-17-12-23-13-24(17)16(18(14)15)4-5-20(22)10-8-19(6-7-19)9-11-20/h3,12-13,16H,1-2,4-11H2. The van der Waals surface area contributed by atoms with E-state index in [-0.39, 0.29) is 6.04 Å². The second-order valence-corrected chi connectivity index (χ2v) is 8.78. The zero-order valence-electron chi connectivity index (χ0n) is 14.0. The van der Waals surface area contributed by atoms with Crippen molar-refractivity contribution in [3.05, 3.63) is 34.9 Å². The van der Waals surface area contributed by atoms with Gasteiger partial charge in [0.1, 0.15) is 5.67 Å². The Labute approximate surface area is 147 Å². The normalized spacial score (nSPS) is 29.4. The van der Waals surface area contributed by atoms with E-state index in [9.17, 15) is 0 Å². The largest absolute Gasteiger partial charge is 0.323 e. The van der Waals surface area contributed by atoms with Crippen LogP contribution >= 0.6 is 11.6 Å². The van der Waals surface area contributed by atoms with Crippen molar-refractivity contribution in [2.75, 3.05) is 0 Å². The number of halogens is 2. The minimum atomic E-state index is -0.969. The Bertz CT molecular complexity index is 731. The van der Waals surface area contributed by atoms with Gasteiger partial charge in [-0.2, -0.15) is 0 Å². The van der Waals surface area contributed by atoms with Crippen LogP contribution < -0.4 is 0 Å². The lowest BCUT2D eigenvalue weighted by Crippen LogP contribution is -2.31. The van der Waals surface area contributed by atoms with E-state index in [0.29, 0.717) is 11.8 Å². The fourth-order valence-corrected chi connectivity index (χ4v) is 5.47. The number of alkyl halides is 1. The SMILES string of the molecule is FC1(CCC2C3=C(CCC=C3Cl)c3cncn32)CCC2(CC1)CC2. The topological polar surface area (TPSA) is 17.8 Å². The maximum Gasteiger partial charge on any atom is 0.111 e. The quantitative estimate of drug-likeness (QED) is 0.661. The molecule has 3 aliphatic carbocycles. The summed E-state index contributed by atoms with van der Waals surface area (Å²) < 4.78 is 17.6. The summed E-state index contributed by atoms with van der Waals surface area (Å²) in [5, 5.41) is 0.874. The Morgan fingerprint density at radius 2 is 1.96 bits per heavy atom. The molecule has 2 heterocycles. The highest BCUT2D eigenvalue weighted by Gasteiger charge is 2.49. The average molecular weight is 347 g/mol. The van der Waals surface area contributed by atoms with Crippen LogP contribution in [0.3, 0.4) is 0 Å². The molecule has 0 saturated heterocycles. The van der Waals surface area contributed by atoms with Gasteiger partial charge in [-0.15, -0.1) is 0 Å². The monoisotopic (exact) mass is 346 g/mol. The molecule has 2 nitrogen and oxygen atoms in total. The van der Waals surface area contributed by atoms with Gasteiger partial charge in [-0.1, -0.05) is 17.7 Å². The van der Waals surface area contributed by atoms with Crippen LogP contribution in [0, 0.1) is 5.41 Å². The number of hydrogen-bond acceptors (Lipinski definition) is 1. The van der Waals surface area contributed by atoms with E-state index in [4.69, 9.17) is 11.6 Å². The van der Waals surface area contributed by atoms with E-state index in [1.807, 2.05) is 12.5 Å². The molecule has 2 fully saturated rings. The third kappa shape index (κ3) is 2.31. The van der Waals surface area contributed by atoms with Gasteiger partial charge in [0.2, 0.25) is 0 Å². The highest BCUT2D eigenvalue weighted by atomic mass is 35.5. The summed E-state index contributed by atoms with van der Waals surface area (Å²) in [6, 6.07) is 0.172. The van der Waals surface area contributed by atoms with Crippen molar-refractivity contribution in [1.82, 2.24) is 9.55 Å². The van der Waals surface area contributed by atoms with Gasteiger partial charge in [-0.25, -0.2) is 9.37 Å². The van der Waals surface area contributed by atoms with Crippen molar-refractivity contribution in [2.24, 2.45) is 5.41 Å².